The molecule has 0 spiro atoms. The van der Waals surface area contributed by atoms with Gasteiger partial charge in [0.1, 0.15) is 6.54 Å². The van der Waals surface area contributed by atoms with E-state index in [2.05, 4.69) is 5.32 Å². The Morgan fingerprint density at radius 1 is 1.19 bits per heavy atom. The predicted molar refractivity (Wildman–Crippen MR) is 127 cm³/mol. The second kappa shape index (κ2) is 9.67. The number of hydrogen-bond donors (Lipinski definition) is 1. The number of carbonyl (C=O) groups is 2. The Balaban J connectivity index is 1.70. The lowest BCUT2D eigenvalue weighted by atomic mass is 9.95. The number of Topliss-reactive ketones (excluding diaryl/α,β-unsaturated/α-hetero) is 1. The zero-order valence-electron chi connectivity index (χ0n) is 18.2. The molecule has 4 nitrogen and oxygen atoms in total. The van der Waals surface area contributed by atoms with Crippen molar-refractivity contribution in [2.45, 2.75) is 68.3 Å². The number of ketones is 1. The zero-order valence-corrected chi connectivity index (χ0v) is 19.8. The number of halogens is 2. The Hall–Kier alpha value is -2.31. The molecule has 1 heterocycles. The topological polar surface area (TPSA) is 51.1 Å². The third kappa shape index (κ3) is 4.71. The van der Waals surface area contributed by atoms with Crippen LogP contribution in [-0.4, -0.2) is 22.3 Å². The quantitative estimate of drug-likeness (QED) is 0.414. The zero-order chi connectivity index (χ0) is 22.8. The summed E-state index contributed by atoms with van der Waals surface area (Å²) in [6, 6.07) is 10.9. The molecule has 0 radical (unpaired) electrons. The van der Waals surface area contributed by atoms with Crippen molar-refractivity contribution >= 4 is 46.0 Å². The van der Waals surface area contributed by atoms with Gasteiger partial charge in [0, 0.05) is 32.5 Å². The molecule has 168 valence electrons. The van der Waals surface area contributed by atoms with Gasteiger partial charge < -0.3 is 9.88 Å². The van der Waals surface area contributed by atoms with E-state index in [0.717, 1.165) is 41.2 Å². The largest absolute Gasteiger partial charge is 0.352 e. The third-order valence-corrected chi connectivity index (χ3v) is 7.55. The molecule has 2 aromatic carbocycles. The lowest BCUT2D eigenvalue weighted by Crippen LogP contribution is -2.38. The first-order chi connectivity index (χ1) is 15.3. The Morgan fingerprint density at radius 3 is 2.66 bits per heavy atom. The fourth-order valence-electron chi connectivity index (χ4n) is 4.36. The molecule has 0 bridgehead atoms. The van der Waals surface area contributed by atoms with Crippen molar-refractivity contribution in [1.29, 1.82) is 0 Å². The van der Waals surface area contributed by atoms with E-state index in [1.165, 1.54) is 25.1 Å². The van der Waals surface area contributed by atoms with Crippen LogP contribution in [0.4, 0.5) is 4.39 Å². The standard InChI is InChI=1S/C25H26ClFN2O2S/c1-15-25(32-19-10-6-7-17(13-19)16(2)30)20-11-12-21(26)23(27)24(20)29(15)14-22(31)28-18-8-4-3-5-9-18/h6-7,10-13,18H,3-5,8-9,14H2,1-2H3,(H,28,31). The lowest BCUT2D eigenvalue weighted by Gasteiger charge is -2.23. The minimum Gasteiger partial charge on any atom is -0.352 e. The van der Waals surface area contributed by atoms with E-state index in [0.29, 0.717) is 16.5 Å². The summed E-state index contributed by atoms with van der Waals surface area (Å²) in [5.74, 6) is -0.655. The van der Waals surface area contributed by atoms with E-state index in [1.54, 1.807) is 22.8 Å². The molecule has 0 unspecified atom stereocenters. The van der Waals surface area contributed by atoms with Crippen LogP contribution in [-0.2, 0) is 11.3 Å². The van der Waals surface area contributed by atoms with Gasteiger partial charge in [0.25, 0.3) is 0 Å². The monoisotopic (exact) mass is 472 g/mol. The van der Waals surface area contributed by atoms with Gasteiger partial charge in [-0.1, -0.05) is 54.8 Å². The lowest BCUT2D eigenvalue weighted by molar-refractivity contribution is -0.122. The van der Waals surface area contributed by atoms with Crippen LogP contribution in [0.25, 0.3) is 10.9 Å². The third-order valence-electron chi connectivity index (χ3n) is 6.05. The van der Waals surface area contributed by atoms with Crippen molar-refractivity contribution in [3.63, 3.8) is 0 Å². The van der Waals surface area contributed by atoms with E-state index < -0.39 is 5.82 Å². The second-order valence-corrected chi connectivity index (χ2v) is 9.84. The molecule has 0 saturated heterocycles. The summed E-state index contributed by atoms with van der Waals surface area (Å²) in [5, 5.41) is 3.84. The maximum atomic E-state index is 15.1. The first-order valence-electron chi connectivity index (χ1n) is 10.9. The van der Waals surface area contributed by atoms with E-state index in [9.17, 15) is 9.59 Å². The van der Waals surface area contributed by atoms with Gasteiger partial charge in [-0.2, -0.15) is 0 Å². The summed E-state index contributed by atoms with van der Waals surface area (Å²) >= 11 is 7.55. The van der Waals surface area contributed by atoms with E-state index in [1.807, 2.05) is 25.1 Å². The Kier molecular flexibility index (Phi) is 6.91. The maximum Gasteiger partial charge on any atom is 0.240 e. The summed E-state index contributed by atoms with van der Waals surface area (Å²) in [7, 11) is 0. The minimum atomic E-state index is -0.526. The highest BCUT2D eigenvalue weighted by Crippen LogP contribution is 2.40. The summed E-state index contributed by atoms with van der Waals surface area (Å²) in [4.78, 5) is 26.3. The minimum absolute atomic E-state index is 0.0104. The molecule has 3 aromatic rings. The maximum absolute atomic E-state index is 15.1. The fraction of sp³-hybridized carbons (Fsp3) is 0.360. The molecule has 7 heteroatoms. The van der Waals surface area contributed by atoms with Crippen LogP contribution in [0.1, 0.15) is 55.1 Å². The molecule has 1 amide bonds. The molecule has 1 aromatic heterocycles. The molecule has 32 heavy (non-hydrogen) atoms. The first-order valence-corrected chi connectivity index (χ1v) is 12.1. The van der Waals surface area contributed by atoms with Gasteiger partial charge in [-0.25, -0.2) is 4.39 Å². The van der Waals surface area contributed by atoms with Crippen LogP contribution >= 0.6 is 23.4 Å². The van der Waals surface area contributed by atoms with Crippen LogP contribution in [0.5, 0.6) is 0 Å². The Labute approximate surface area is 196 Å². The molecule has 4 rings (SSSR count). The van der Waals surface area contributed by atoms with Crippen LogP contribution in [0.2, 0.25) is 5.02 Å². The highest BCUT2D eigenvalue weighted by atomic mass is 35.5. The highest BCUT2D eigenvalue weighted by Gasteiger charge is 2.23. The number of fused-ring (bicyclic) bond motifs is 1. The number of carbonyl (C=O) groups excluding carboxylic acids is 2. The van der Waals surface area contributed by atoms with E-state index >= 15 is 4.39 Å². The van der Waals surface area contributed by atoms with Crippen molar-refractivity contribution in [3.05, 3.63) is 58.5 Å². The Morgan fingerprint density at radius 2 is 1.94 bits per heavy atom. The summed E-state index contributed by atoms with van der Waals surface area (Å²) in [6.07, 6.45) is 5.44. The number of hydrogen-bond acceptors (Lipinski definition) is 3. The van der Waals surface area contributed by atoms with Crippen molar-refractivity contribution in [2.24, 2.45) is 0 Å². The highest BCUT2D eigenvalue weighted by molar-refractivity contribution is 7.99. The molecule has 0 atom stereocenters. The molecule has 1 saturated carbocycles. The average Bonchev–Trinajstić information content (AvgIpc) is 3.03. The normalized spacial score (nSPS) is 14.6. The number of amides is 1. The summed E-state index contributed by atoms with van der Waals surface area (Å²) in [5.41, 5.74) is 1.75. The van der Waals surface area contributed by atoms with Crippen molar-refractivity contribution in [2.75, 3.05) is 0 Å². The van der Waals surface area contributed by atoms with Gasteiger partial charge >= 0.3 is 0 Å². The van der Waals surface area contributed by atoms with Crippen molar-refractivity contribution in [1.82, 2.24) is 9.88 Å². The van der Waals surface area contributed by atoms with Gasteiger partial charge in [0.15, 0.2) is 11.6 Å². The Bertz CT molecular complexity index is 1180. The summed E-state index contributed by atoms with van der Waals surface area (Å²) < 4.78 is 16.8. The fourth-order valence-corrected chi connectivity index (χ4v) is 5.61. The van der Waals surface area contributed by atoms with Crippen LogP contribution in [0, 0.1) is 12.7 Å². The van der Waals surface area contributed by atoms with Gasteiger partial charge in [0.05, 0.1) is 10.5 Å². The molecular weight excluding hydrogens is 447 g/mol. The smallest absolute Gasteiger partial charge is 0.240 e. The molecule has 0 aliphatic heterocycles. The van der Waals surface area contributed by atoms with Crippen LogP contribution in [0.3, 0.4) is 0 Å². The number of nitrogens with one attached hydrogen (secondary N) is 1. The molecule has 1 aliphatic carbocycles. The predicted octanol–water partition coefficient (Wildman–Crippen LogP) is 6.54. The molecule has 1 aliphatic rings. The average molecular weight is 473 g/mol. The van der Waals surface area contributed by atoms with Gasteiger partial charge in [-0.3, -0.25) is 9.59 Å². The van der Waals surface area contributed by atoms with Gasteiger partial charge in [-0.05, 0) is 51.0 Å². The summed E-state index contributed by atoms with van der Waals surface area (Å²) in [6.45, 7) is 3.45. The van der Waals surface area contributed by atoms with Crippen molar-refractivity contribution in [3.8, 4) is 0 Å². The van der Waals surface area contributed by atoms with E-state index in [4.69, 9.17) is 11.6 Å². The number of benzene rings is 2. The number of rotatable bonds is 6. The second-order valence-electron chi connectivity index (χ2n) is 8.35. The van der Waals surface area contributed by atoms with E-state index in [-0.39, 0.29) is 29.3 Å². The van der Waals surface area contributed by atoms with Crippen molar-refractivity contribution < 1.29 is 14.0 Å². The van der Waals surface area contributed by atoms with Gasteiger partial charge in [0.2, 0.25) is 5.91 Å². The molecule has 1 N–H and O–H groups in total. The molecule has 1 fully saturated rings. The SMILES string of the molecule is CC(=O)c1cccc(Sc2c(C)n(CC(=O)NC3CCCCC3)c3c(F)c(Cl)ccc23)c1. The van der Waals surface area contributed by atoms with Crippen LogP contribution < -0.4 is 5.32 Å². The number of aromatic nitrogens is 1. The number of nitrogens with zero attached hydrogens (tertiary/aromatic N) is 1. The first kappa shape index (κ1) is 22.9. The van der Waals surface area contributed by atoms with Gasteiger partial charge in [-0.15, -0.1) is 0 Å². The molecular formula is C25H26ClFN2O2S. The van der Waals surface area contributed by atoms with Crippen LogP contribution in [0.15, 0.2) is 46.2 Å².